The fourth-order valence-corrected chi connectivity index (χ4v) is 3.89. The van der Waals surface area contributed by atoms with Gasteiger partial charge in [-0.05, 0) is 23.8 Å². The average Bonchev–Trinajstić information content (AvgIpc) is 2.90. The van der Waals surface area contributed by atoms with Crippen LogP contribution in [0, 0.1) is 0 Å². The predicted molar refractivity (Wildman–Crippen MR) is 100 cm³/mol. The number of likely N-dealkylation sites (N-methyl/N-ethyl adjacent to an activating group) is 1. The van der Waals surface area contributed by atoms with Gasteiger partial charge in [0.15, 0.2) is 5.17 Å². The van der Waals surface area contributed by atoms with Gasteiger partial charge >= 0.3 is 6.18 Å². The van der Waals surface area contributed by atoms with Crippen molar-refractivity contribution in [3.63, 3.8) is 0 Å². The topological polar surface area (TPSA) is 15.6 Å². The van der Waals surface area contributed by atoms with Crippen molar-refractivity contribution in [2.45, 2.75) is 11.4 Å². The van der Waals surface area contributed by atoms with Gasteiger partial charge in [0.05, 0.1) is 21.5 Å². The maximum Gasteiger partial charge on any atom is 0.416 e. The molecule has 0 spiro atoms. The zero-order valence-corrected chi connectivity index (χ0v) is 15.5. The summed E-state index contributed by atoms with van der Waals surface area (Å²) in [6, 6.07) is 13.3. The lowest BCUT2D eigenvalue weighted by Crippen LogP contribution is -2.18. The maximum absolute atomic E-state index is 12.7. The Morgan fingerprint density at radius 3 is 2.44 bits per heavy atom. The molecule has 1 aliphatic rings. The molecule has 1 atom stereocenters. The minimum absolute atomic E-state index is 0. The van der Waals surface area contributed by atoms with Crippen molar-refractivity contribution >= 4 is 46.6 Å². The van der Waals surface area contributed by atoms with Gasteiger partial charge in [-0.1, -0.05) is 53.7 Å². The molecule has 8 heteroatoms. The molecule has 1 aliphatic heterocycles. The smallest absolute Gasteiger partial charge is 0.353 e. The van der Waals surface area contributed by atoms with E-state index in [-0.39, 0.29) is 22.7 Å². The zero-order chi connectivity index (χ0) is 17.3. The van der Waals surface area contributed by atoms with Crippen LogP contribution < -0.4 is 0 Å². The van der Waals surface area contributed by atoms with Gasteiger partial charge in [0.2, 0.25) is 0 Å². The first kappa shape index (κ1) is 19.9. The molecule has 0 bridgehead atoms. The minimum atomic E-state index is -4.41. The lowest BCUT2D eigenvalue weighted by atomic mass is 10.1. The molecule has 2 nitrogen and oxygen atoms in total. The van der Waals surface area contributed by atoms with Crippen LogP contribution in [-0.4, -0.2) is 23.7 Å². The molecule has 3 rings (SSSR count). The zero-order valence-electron chi connectivity index (χ0n) is 13.1. The second-order valence-corrected chi connectivity index (χ2v) is 7.03. The first-order valence-electron chi connectivity index (χ1n) is 7.23. The third-order valence-corrected chi connectivity index (χ3v) is 5.30. The number of amidine groups is 1. The number of alkyl halides is 3. The molecular weight excluding hydrogens is 392 g/mol. The largest absolute Gasteiger partial charge is 0.416 e. The first-order valence-corrected chi connectivity index (χ1v) is 8.48. The summed E-state index contributed by atoms with van der Waals surface area (Å²) in [4.78, 5) is 6.43. The number of aliphatic imine (C=N–C) groups is 1. The SMILES string of the molecule is CN1CC(c2ccccc2)SC1=Nc1ccc(C(F)(F)F)cc1Cl.Cl. The summed E-state index contributed by atoms with van der Waals surface area (Å²) in [6.45, 7) is 0.783. The van der Waals surface area contributed by atoms with Crippen LogP contribution in [0.15, 0.2) is 53.5 Å². The lowest BCUT2D eigenvalue weighted by molar-refractivity contribution is -0.137. The van der Waals surface area contributed by atoms with Crippen LogP contribution in [0.25, 0.3) is 0 Å². The number of benzene rings is 2. The molecule has 1 fully saturated rings. The van der Waals surface area contributed by atoms with Crippen molar-refractivity contribution in [1.82, 2.24) is 4.90 Å². The summed E-state index contributed by atoms with van der Waals surface area (Å²) >= 11 is 7.56. The van der Waals surface area contributed by atoms with Crippen molar-refractivity contribution in [3.8, 4) is 0 Å². The number of nitrogens with zero attached hydrogens (tertiary/aromatic N) is 2. The predicted octanol–water partition coefficient (Wildman–Crippen LogP) is 6.19. The summed E-state index contributed by atoms with van der Waals surface area (Å²) in [5.74, 6) is 0. The van der Waals surface area contributed by atoms with Gasteiger partial charge in [0.1, 0.15) is 0 Å². The highest BCUT2D eigenvalue weighted by atomic mass is 35.5. The van der Waals surface area contributed by atoms with Crippen molar-refractivity contribution < 1.29 is 13.2 Å². The summed E-state index contributed by atoms with van der Waals surface area (Å²) in [5.41, 5.74) is 0.761. The summed E-state index contributed by atoms with van der Waals surface area (Å²) in [6.07, 6.45) is -4.41. The van der Waals surface area contributed by atoms with Gasteiger partial charge in [0, 0.05) is 13.6 Å². The normalized spacial score (nSPS) is 19.2. The van der Waals surface area contributed by atoms with Crippen LogP contribution in [0.2, 0.25) is 5.02 Å². The van der Waals surface area contributed by atoms with E-state index in [0.29, 0.717) is 5.69 Å². The Morgan fingerprint density at radius 2 is 1.84 bits per heavy atom. The van der Waals surface area contributed by atoms with E-state index in [0.717, 1.165) is 23.8 Å². The molecule has 0 radical (unpaired) electrons. The Labute approximate surface area is 159 Å². The molecule has 0 aliphatic carbocycles. The molecule has 2 aromatic rings. The van der Waals surface area contributed by atoms with E-state index in [1.54, 1.807) is 11.8 Å². The Bertz CT molecular complexity index is 766. The Kier molecular flexibility index (Phi) is 6.30. The van der Waals surface area contributed by atoms with Gasteiger partial charge < -0.3 is 4.90 Å². The quantitative estimate of drug-likeness (QED) is 0.590. The second-order valence-electron chi connectivity index (χ2n) is 5.46. The van der Waals surface area contributed by atoms with Crippen molar-refractivity contribution in [2.24, 2.45) is 4.99 Å². The Morgan fingerprint density at radius 1 is 1.16 bits per heavy atom. The van der Waals surface area contributed by atoms with Gasteiger partial charge in [-0.15, -0.1) is 12.4 Å². The lowest BCUT2D eigenvalue weighted by Gasteiger charge is -2.11. The van der Waals surface area contributed by atoms with Crippen LogP contribution >= 0.6 is 35.8 Å². The van der Waals surface area contributed by atoms with Crippen molar-refractivity contribution in [3.05, 3.63) is 64.7 Å². The van der Waals surface area contributed by atoms with Crippen LogP contribution in [0.3, 0.4) is 0 Å². The Balaban J connectivity index is 0.00000225. The molecule has 1 saturated heterocycles. The van der Waals surface area contributed by atoms with Gasteiger partial charge in [0.25, 0.3) is 0 Å². The van der Waals surface area contributed by atoms with E-state index < -0.39 is 11.7 Å². The highest BCUT2D eigenvalue weighted by Gasteiger charge is 2.31. The van der Waals surface area contributed by atoms with Gasteiger partial charge in [-0.3, -0.25) is 0 Å². The van der Waals surface area contributed by atoms with Gasteiger partial charge in [-0.2, -0.15) is 13.2 Å². The molecule has 0 saturated carbocycles. The summed E-state index contributed by atoms with van der Waals surface area (Å²) in [5, 5.41) is 0.975. The van der Waals surface area contributed by atoms with E-state index in [2.05, 4.69) is 17.1 Å². The summed E-state index contributed by atoms with van der Waals surface area (Å²) in [7, 11) is 1.91. The van der Waals surface area contributed by atoms with E-state index in [1.807, 2.05) is 30.1 Å². The first-order chi connectivity index (χ1) is 11.3. The number of hydrogen-bond acceptors (Lipinski definition) is 2. The fourth-order valence-electron chi connectivity index (χ4n) is 2.41. The number of rotatable bonds is 2. The standard InChI is InChI=1S/C17H14ClF3N2S.ClH/c1-23-10-15(11-5-3-2-4-6-11)24-16(23)22-14-8-7-12(9-13(14)18)17(19,20)21;/h2-9,15H,10H2,1H3;1H. The van der Waals surface area contributed by atoms with Crippen LogP contribution in [0.5, 0.6) is 0 Å². The Hall–Kier alpha value is -1.37. The van der Waals surface area contributed by atoms with Gasteiger partial charge in [-0.25, -0.2) is 4.99 Å². The van der Waals surface area contributed by atoms with Crippen LogP contribution in [-0.2, 0) is 6.18 Å². The van der Waals surface area contributed by atoms with E-state index in [1.165, 1.54) is 11.6 Å². The second kappa shape index (κ2) is 7.89. The summed E-state index contributed by atoms with van der Waals surface area (Å²) < 4.78 is 38.1. The maximum atomic E-state index is 12.7. The molecule has 1 unspecified atom stereocenters. The van der Waals surface area contributed by atoms with Crippen LogP contribution in [0.1, 0.15) is 16.4 Å². The average molecular weight is 407 g/mol. The molecule has 2 aromatic carbocycles. The van der Waals surface area contributed by atoms with E-state index >= 15 is 0 Å². The van der Waals surface area contributed by atoms with Crippen molar-refractivity contribution in [2.75, 3.05) is 13.6 Å². The molecule has 0 N–H and O–H groups in total. The number of halogens is 5. The number of hydrogen-bond donors (Lipinski definition) is 0. The molecule has 134 valence electrons. The monoisotopic (exact) mass is 406 g/mol. The molecule has 25 heavy (non-hydrogen) atoms. The van der Waals surface area contributed by atoms with Crippen LogP contribution in [0.4, 0.5) is 18.9 Å². The molecular formula is C17H15Cl2F3N2S. The third kappa shape index (κ3) is 4.63. The molecule has 0 aromatic heterocycles. The molecule has 0 amide bonds. The van der Waals surface area contributed by atoms with E-state index in [4.69, 9.17) is 11.6 Å². The highest BCUT2D eigenvalue weighted by molar-refractivity contribution is 8.14. The third-order valence-electron chi connectivity index (χ3n) is 3.68. The van der Waals surface area contributed by atoms with Crippen molar-refractivity contribution in [1.29, 1.82) is 0 Å². The number of thioether (sulfide) groups is 1. The molecule has 1 heterocycles. The van der Waals surface area contributed by atoms with E-state index in [9.17, 15) is 13.2 Å². The fraction of sp³-hybridized carbons (Fsp3) is 0.235. The minimum Gasteiger partial charge on any atom is -0.353 e. The highest BCUT2D eigenvalue weighted by Crippen LogP contribution is 2.40.